The lowest BCUT2D eigenvalue weighted by Crippen LogP contribution is -2.37. The number of phenolic OH excluding ortho intramolecular Hbond substituents is 2. The minimum atomic E-state index is -2.74. The molecule has 1 rings (SSSR count). The molecule has 0 fully saturated rings. The SMILES string of the molecule is [2H]c1c([2H])c([C@@H](O)[C@@]([2H])(N)C(=O)OC)c([2H])c(O)c1O. The second-order valence-electron chi connectivity index (χ2n) is 2.84. The molecule has 88 valence electrons. The van der Waals surface area contributed by atoms with Crippen LogP contribution < -0.4 is 5.73 Å². The number of phenols is 2. The Morgan fingerprint density at radius 3 is 2.75 bits per heavy atom. The Bertz CT molecular complexity index is 534. The van der Waals surface area contributed by atoms with Crippen molar-refractivity contribution in [1.29, 1.82) is 0 Å². The standard InChI is InChI=1S/C10H13NO5/c1-16-10(15)8(11)9(14)5-2-3-6(12)7(13)4-5/h2-4,8-9,12-14H,11H2,1H3/t8-,9-/m1/s1/i2D,3D,4D,8D. The fourth-order valence-corrected chi connectivity index (χ4v) is 0.925. The van der Waals surface area contributed by atoms with E-state index in [1.54, 1.807) is 0 Å². The van der Waals surface area contributed by atoms with Crippen molar-refractivity contribution < 1.29 is 30.3 Å². The van der Waals surface area contributed by atoms with Crippen molar-refractivity contribution in [2.45, 2.75) is 12.1 Å². The van der Waals surface area contributed by atoms with E-state index >= 15 is 0 Å². The maximum absolute atomic E-state index is 11.3. The number of rotatable bonds is 3. The van der Waals surface area contributed by atoms with Gasteiger partial charge in [0, 0.05) is 0 Å². The lowest BCUT2D eigenvalue weighted by Gasteiger charge is -2.17. The van der Waals surface area contributed by atoms with E-state index in [-0.39, 0.29) is 0 Å². The predicted molar refractivity (Wildman–Crippen MR) is 54.7 cm³/mol. The maximum atomic E-state index is 11.3. The maximum Gasteiger partial charge on any atom is 0.325 e. The molecule has 0 aliphatic carbocycles. The highest BCUT2D eigenvalue weighted by Gasteiger charge is 2.25. The van der Waals surface area contributed by atoms with Gasteiger partial charge in [-0.25, -0.2) is 0 Å². The minimum absolute atomic E-state index is 0.729. The van der Waals surface area contributed by atoms with Crippen molar-refractivity contribution in [3.8, 4) is 11.5 Å². The van der Waals surface area contributed by atoms with Gasteiger partial charge in [0.05, 0.1) is 12.6 Å². The zero-order chi connectivity index (χ0) is 15.8. The largest absolute Gasteiger partial charge is 0.504 e. The summed E-state index contributed by atoms with van der Waals surface area (Å²) in [6, 6.07) is -5.34. The lowest BCUT2D eigenvalue weighted by molar-refractivity contribution is -0.145. The Balaban J connectivity index is 3.52. The summed E-state index contributed by atoms with van der Waals surface area (Å²) in [5.74, 6) is -3.40. The van der Waals surface area contributed by atoms with Crippen molar-refractivity contribution in [3.05, 3.63) is 23.7 Å². The van der Waals surface area contributed by atoms with Crippen LogP contribution in [0.1, 0.15) is 17.2 Å². The van der Waals surface area contributed by atoms with E-state index in [1.165, 1.54) is 0 Å². The van der Waals surface area contributed by atoms with E-state index in [0.29, 0.717) is 0 Å². The van der Waals surface area contributed by atoms with E-state index in [4.69, 9.17) is 11.2 Å². The molecule has 2 atom stereocenters. The molecular weight excluding hydrogens is 214 g/mol. The number of ether oxygens (including phenoxy) is 1. The zero-order valence-electron chi connectivity index (χ0n) is 12.3. The van der Waals surface area contributed by atoms with Crippen LogP contribution in [-0.4, -0.2) is 34.4 Å². The third kappa shape index (κ3) is 2.41. The number of benzene rings is 1. The van der Waals surface area contributed by atoms with Crippen molar-refractivity contribution in [2.24, 2.45) is 5.73 Å². The molecule has 0 saturated heterocycles. The second kappa shape index (κ2) is 4.82. The van der Waals surface area contributed by atoms with Gasteiger partial charge in [0.25, 0.3) is 0 Å². The van der Waals surface area contributed by atoms with E-state index in [9.17, 15) is 20.1 Å². The van der Waals surface area contributed by atoms with Crippen molar-refractivity contribution >= 4 is 5.97 Å². The van der Waals surface area contributed by atoms with Crippen LogP contribution in [0.2, 0.25) is 0 Å². The number of carbonyl (C=O) groups is 1. The highest BCUT2D eigenvalue weighted by molar-refractivity contribution is 5.76. The quantitative estimate of drug-likeness (QED) is 0.417. The van der Waals surface area contributed by atoms with E-state index in [1.807, 2.05) is 0 Å². The van der Waals surface area contributed by atoms with Crippen LogP contribution in [-0.2, 0) is 9.53 Å². The molecule has 1 aromatic carbocycles. The summed E-state index contributed by atoms with van der Waals surface area (Å²) in [5.41, 5.74) is 4.56. The number of hydrogen-bond acceptors (Lipinski definition) is 6. The summed E-state index contributed by atoms with van der Waals surface area (Å²) in [4.78, 5) is 11.3. The van der Waals surface area contributed by atoms with Gasteiger partial charge in [0.15, 0.2) is 11.5 Å². The number of hydrogen-bond donors (Lipinski definition) is 4. The second-order valence-corrected chi connectivity index (χ2v) is 2.84. The number of methoxy groups -OCH3 is 1. The van der Waals surface area contributed by atoms with Crippen LogP contribution in [0, 0.1) is 0 Å². The fraction of sp³-hybridized carbons (Fsp3) is 0.300. The molecular formula is C10H13NO5. The molecule has 0 saturated carbocycles. The van der Waals surface area contributed by atoms with Gasteiger partial charge >= 0.3 is 5.97 Å². The molecule has 0 amide bonds. The lowest BCUT2D eigenvalue weighted by atomic mass is 10.0. The third-order valence-electron chi connectivity index (χ3n) is 1.78. The Morgan fingerprint density at radius 2 is 2.19 bits per heavy atom. The number of aliphatic hydroxyl groups is 1. The Kier molecular flexibility index (Phi) is 2.25. The molecule has 0 heterocycles. The van der Waals surface area contributed by atoms with E-state index in [0.717, 1.165) is 7.11 Å². The monoisotopic (exact) mass is 231 g/mol. The average Bonchev–Trinajstić information content (AvgIpc) is 2.41. The van der Waals surface area contributed by atoms with E-state index < -0.39 is 53.3 Å². The summed E-state index contributed by atoms with van der Waals surface area (Å²) >= 11 is 0. The summed E-state index contributed by atoms with van der Waals surface area (Å²) < 4.78 is 34.2. The first-order valence-electron chi connectivity index (χ1n) is 6.14. The van der Waals surface area contributed by atoms with Crippen LogP contribution in [0.5, 0.6) is 11.5 Å². The van der Waals surface area contributed by atoms with Crippen LogP contribution >= 0.6 is 0 Å². The normalized spacial score (nSPS) is 19.7. The summed E-state index contributed by atoms with van der Waals surface area (Å²) in [6.45, 7) is 0. The number of aromatic hydroxyl groups is 2. The van der Waals surface area contributed by atoms with Gasteiger partial charge < -0.3 is 25.8 Å². The topological polar surface area (TPSA) is 113 Å². The number of esters is 1. The van der Waals surface area contributed by atoms with Gasteiger partial charge in [0.1, 0.15) is 12.1 Å². The Labute approximate surface area is 97.5 Å². The Hall–Kier alpha value is -1.79. The van der Waals surface area contributed by atoms with Crippen molar-refractivity contribution in [3.63, 3.8) is 0 Å². The number of nitrogens with two attached hydrogens (primary N) is 1. The molecule has 0 aromatic heterocycles. The Morgan fingerprint density at radius 1 is 1.56 bits per heavy atom. The summed E-state index contributed by atoms with van der Waals surface area (Å²) in [6.07, 6.45) is -2.20. The minimum Gasteiger partial charge on any atom is -0.504 e. The van der Waals surface area contributed by atoms with Crippen LogP contribution in [0.25, 0.3) is 0 Å². The van der Waals surface area contributed by atoms with Crippen molar-refractivity contribution in [2.75, 3.05) is 7.11 Å². The first-order chi connectivity index (χ1) is 9.07. The molecule has 0 aliphatic rings. The highest BCUT2D eigenvalue weighted by atomic mass is 16.5. The fourth-order valence-electron chi connectivity index (χ4n) is 0.925. The van der Waals surface area contributed by atoms with Gasteiger partial charge in [0.2, 0.25) is 0 Å². The smallest absolute Gasteiger partial charge is 0.325 e. The van der Waals surface area contributed by atoms with E-state index in [2.05, 4.69) is 4.74 Å². The molecule has 6 heteroatoms. The molecule has 0 spiro atoms. The molecule has 5 N–H and O–H groups in total. The van der Waals surface area contributed by atoms with Gasteiger partial charge in [-0.2, -0.15) is 0 Å². The van der Waals surface area contributed by atoms with Crippen molar-refractivity contribution in [1.82, 2.24) is 0 Å². The first kappa shape index (κ1) is 7.48. The van der Waals surface area contributed by atoms with Crippen LogP contribution in [0.3, 0.4) is 0 Å². The van der Waals surface area contributed by atoms with Gasteiger partial charge in [-0.05, 0) is 17.6 Å². The summed E-state index contributed by atoms with van der Waals surface area (Å²) in [7, 11) is 0.929. The summed E-state index contributed by atoms with van der Waals surface area (Å²) in [5, 5.41) is 28.7. The molecule has 1 aromatic rings. The molecule has 0 aliphatic heterocycles. The van der Waals surface area contributed by atoms with Gasteiger partial charge in [-0.15, -0.1) is 0 Å². The van der Waals surface area contributed by atoms with Crippen LogP contribution in [0.4, 0.5) is 0 Å². The first-order valence-corrected chi connectivity index (χ1v) is 4.14. The van der Waals surface area contributed by atoms with Gasteiger partial charge in [-0.1, -0.05) is 6.04 Å². The molecule has 6 nitrogen and oxygen atoms in total. The molecule has 0 unspecified atom stereocenters. The number of carbonyl (C=O) groups excluding carboxylic acids is 1. The third-order valence-corrected chi connectivity index (χ3v) is 1.78. The zero-order valence-corrected chi connectivity index (χ0v) is 8.31. The molecule has 0 bridgehead atoms. The van der Waals surface area contributed by atoms with Crippen LogP contribution in [0.15, 0.2) is 18.1 Å². The number of aliphatic hydroxyl groups excluding tert-OH is 1. The molecule has 0 radical (unpaired) electrons. The molecule has 16 heavy (non-hydrogen) atoms. The van der Waals surface area contributed by atoms with Gasteiger partial charge in [-0.3, -0.25) is 4.79 Å². The predicted octanol–water partition coefficient (Wildman–Crippen LogP) is -0.369. The average molecular weight is 231 g/mol. The highest BCUT2D eigenvalue weighted by Crippen LogP contribution is 2.28.